The van der Waals surface area contributed by atoms with Crippen LogP contribution in [0.4, 0.5) is 0 Å². The van der Waals surface area contributed by atoms with E-state index >= 15 is 0 Å². The summed E-state index contributed by atoms with van der Waals surface area (Å²) in [4.78, 5) is 19.6. The maximum atomic E-state index is 13.1. The summed E-state index contributed by atoms with van der Waals surface area (Å²) >= 11 is 13.8. The van der Waals surface area contributed by atoms with Gasteiger partial charge in [0.2, 0.25) is 5.28 Å². The lowest BCUT2D eigenvalue weighted by Gasteiger charge is -2.17. The van der Waals surface area contributed by atoms with Gasteiger partial charge in [-0.1, -0.05) is 18.5 Å². The Morgan fingerprint density at radius 2 is 2.00 bits per heavy atom. The molecule has 0 saturated heterocycles. The molecule has 6 heteroatoms. The number of hydrogen-bond acceptors (Lipinski definition) is 3. The lowest BCUT2D eigenvalue weighted by Crippen LogP contribution is -2.21. The van der Waals surface area contributed by atoms with E-state index in [0.29, 0.717) is 16.6 Å². The minimum Gasteiger partial charge on any atom is -0.268 e. The van der Waals surface area contributed by atoms with Crippen molar-refractivity contribution in [3.63, 3.8) is 0 Å². The van der Waals surface area contributed by atoms with Gasteiger partial charge in [-0.2, -0.15) is 0 Å². The van der Waals surface area contributed by atoms with E-state index in [0.717, 1.165) is 23.1 Å². The summed E-state index contributed by atoms with van der Waals surface area (Å²) in [6, 6.07) is 7.05. The average Bonchev–Trinajstić information content (AvgIpc) is 2.86. The number of thiophene rings is 1. The van der Waals surface area contributed by atoms with Gasteiger partial charge in [-0.05, 0) is 66.6 Å². The summed E-state index contributed by atoms with van der Waals surface area (Å²) < 4.78 is 1.46. The molecule has 0 bridgehead atoms. The van der Waals surface area contributed by atoms with Gasteiger partial charge in [0.1, 0.15) is 4.83 Å². The highest BCUT2D eigenvalue weighted by Crippen LogP contribution is 2.36. The fourth-order valence-electron chi connectivity index (χ4n) is 3.19. The van der Waals surface area contributed by atoms with E-state index in [1.165, 1.54) is 21.4 Å². The molecule has 118 valence electrons. The van der Waals surface area contributed by atoms with Crippen molar-refractivity contribution in [2.75, 3.05) is 0 Å². The number of benzene rings is 1. The summed E-state index contributed by atoms with van der Waals surface area (Å²) in [5, 5.41) is 1.54. The minimum absolute atomic E-state index is 0.0890. The first-order valence-corrected chi connectivity index (χ1v) is 9.10. The zero-order valence-corrected chi connectivity index (χ0v) is 14.8. The van der Waals surface area contributed by atoms with Crippen LogP contribution < -0.4 is 5.56 Å². The van der Waals surface area contributed by atoms with Crippen molar-refractivity contribution in [1.29, 1.82) is 0 Å². The third-order valence-electron chi connectivity index (χ3n) is 4.37. The highest BCUT2D eigenvalue weighted by atomic mass is 35.5. The molecule has 2 aromatic heterocycles. The van der Waals surface area contributed by atoms with Crippen LogP contribution in [0.3, 0.4) is 0 Å². The minimum atomic E-state index is -0.0890. The van der Waals surface area contributed by atoms with Crippen LogP contribution in [-0.4, -0.2) is 9.55 Å². The maximum Gasteiger partial charge on any atom is 0.268 e. The summed E-state index contributed by atoms with van der Waals surface area (Å²) in [6.07, 6.45) is 3.13. The van der Waals surface area contributed by atoms with Crippen molar-refractivity contribution in [3.05, 3.63) is 55.4 Å². The SMILES string of the molecule is C[C@@H]1CCc2sc3nc(Cl)n(-c4ccc(Cl)cc4)c(=O)c3c2C1. The van der Waals surface area contributed by atoms with Crippen molar-refractivity contribution in [2.45, 2.75) is 26.2 Å². The van der Waals surface area contributed by atoms with Gasteiger partial charge in [0.25, 0.3) is 5.56 Å². The number of nitrogens with zero attached hydrogens (tertiary/aromatic N) is 2. The van der Waals surface area contributed by atoms with Crippen molar-refractivity contribution in [2.24, 2.45) is 5.92 Å². The van der Waals surface area contributed by atoms with Gasteiger partial charge in [0, 0.05) is 9.90 Å². The molecule has 1 aliphatic carbocycles. The average molecular weight is 365 g/mol. The molecule has 1 aliphatic rings. The number of aromatic nitrogens is 2. The van der Waals surface area contributed by atoms with Crippen molar-refractivity contribution in [1.82, 2.24) is 9.55 Å². The Morgan fingerprint density at radius 3 is 2.74 bits per heavy atom. The van der Waals surface area contributed by atoms with Crippen LogP contribution in [0.2, 0.25) is 10.3 Å². The van der Waals surface area contributed by atoms with Gasteiger partial charge < -0.3 is 0 Å². The molecule has 1 atom stereocenters. The van der Waals surface area contributed by atoms with E-state index in [-0.39, 0.29) is 10.8 Å². The summed E-state index contributed by atoms with van der Waals surface area (Å²) in [5.74, 6) is 0.597. The fraction of sp³-hybridized carbons (Fsp3) is 0.294. The van der Waals surface area contributed by atoms with Gasteiger partial charge in [0.05, 0.1) is 11.1 Å². The Kier molecular flexibility index (Phi) is 3.71. The summed E-state index contributed by atoms with van der Waals surface area (Å²) in [7, 11) is 0. The van der Waals surface area contributed by atoms with E-state index in [9.17, 15) is 4.79 Å². The lowest BCUT2D eigenvalue weighted by molar-refractivity contribution is 0.508. The molecule has 0 spiro atoms. The highest BCUT2D eigenvalue weighted by Gasteiger charge is 2.24. The van der Waals surface area contributed by atoms with Crippen LogP contribution in [0.15, 0.2) is 29.1 Å². The van der Waals surface area contributed by atoms with Gasteiger partial charge in [-0.25, -0.2) is 4.98 Å². The molecule has 0 radical (unpaired) electrons. The Hall–Kier alpha value is -1.36. The molecule has 0 unspecified atom stereocenters. The van der Waals surface area contributed by atoms with Crippen LogP contribution >= 0.6 is 34.5 Å². The van der Waals surface area contributed by atoms with Crippen LogP contribution in [-0.2, 0) is 12.8 Å². The summed E-state index contributed by atoms with van der Waals surface area (Å²) in [6.45, 7) is 2.23. The number of hydrogen-bond donors (Lipinski definition) is 0. The van der Waals surface area contributed by atoms with Crippen molar-refractivity contribution in [3.8, 4) is 5.69 Å². The molecule has 0 fully saturated rings. The number of aryl methyl sites for hydroxylation is 1. The molecule has 0 aliphatic heterocycles. The first-order valence-electron chi connectivity index (χ1n) is 7.53. The molecule has 0 amide bonds. The first-order chi connectivity index (χ1) is 11.0. The van der Waals surface area contributed by atoms with Crippen LogP contribution in [0.1, 0.15) is 23.8 Å². The van der Waals surface area contributed by atoms with E-state index in [2.05, 4.69) is 11.9 Å². The smallest absolute Gasteiger partial charge is 0.268 e. The van der Waals surface area contributed by atoms with Crippen LogP contribution in [0, 0.1) is 5.92 Å². The Labute approximate surface area is 147 Å². The van der Waals surface area contributed by atoms with Gasteiger partial charge in [-0.3, -0.25) is 9.36 Å². The third kappa shape index (κ3) is 2.49. The maximum absolute atomic E-state index is 13.1. The first kappa shape index (κ1) is 15.2. The second kappa shape index (κ2) is 5.62. The molecular formula is C17H14Cl2N2OS. The Bertz CT molecular complexity index is 959. The van der Waals surface area contributed by atoms with Crippen LogP contribution in [0.25, 0.3) is 15.9 Å². The Morgan fingerprint density at radius 1 is 1.26 bits per heavy atom. The third-order valence-corrected chi connectivity index (χ3v) is 6.06. The standard InChI is InChI=1S/C17H14Cl2N2OS/c1-9-2-7-13-12(8-9)14-15(23-13)20-17(19)21(16(14)22)11-5-3-10(18)4-6-11/h3-6,9H,2,7-8H2,1H3/t9-/m1/s1. The van der Waals surface area contributed by atoms with E-state index < -0.39 is 0 Å². The second-order valence-electron chi connectivity index (χ2n) is 6.03. The molecule has 2 heterocycles. The fourth-order valence-corrected chi connectivity index (χ4v) is 4.83. The van der Waals surface area contributed by atoms with Crippen molar-refractivity contribution < 1.29 is 0 Å². The molecular weight excluding hydrogens is 351 g/mol. The predicted octanol–water partition coefficient (Wildman–Crippen LogP) is 4.88. The van der Waals surface area contributed by atoms with Crippen molar-refractivity contribution >= 4 is 44.8 Å². The second-order valence-corrected chi connectivity index (χ2v) is 7.89. The van der Waals surface area contributed by atoms with Gasteiger partial charge >= 0.3 is 0 Å². The predicted molar refractivity (Wildman–Crippen MR) is 96.4 cm³/mol. The zero-order valence-electron chi connectivity index (χ0n) is 12.5. The Balaban J connectivity index is 2.01. The molecule has 4 rings (SSSR count). The molecule has 3 nitrogen and oxygen atoms in total. The zero-order chi connectivity index (χ0) is 16.1. The summed E-state index contributed by atoms with van der Waals surface area (Å²) in [5.41, 5.74) is 1.76. The van der Waals surface area contributed by atoms with Crippen LogP contribution in [0.5, 0.6) is 0 Å². The monoisotopic (exact) mass is 364 g/mol. The topological polar surface area (TPSA) is 34.9 Å². The van der Waals surface area contributed by atoms with Gasteiger partial charge in [-0.15, -0.1) is 11.3 Å². The highest BCUT2D eigenvalue weighted by molar-refractivity contribution is 7.18. The number of fused-ring (bicyclic) bond motifs is 3. The van der Waals surface area contributed by atoms with Gasteiger partial charge in [0.15, 0.2) is 0 Å². The molecule has 1 aromatic carbocycles. The number of rotatable bonds is 1. The molecule has 23 heavy (non-hydrogen) atoms. The molecule has 3 aromatic rings. The largest absolute Gasteiger partial charge is 0.268 e. The van der Waals surface area contributed by atoms with E-state index in [1.807, 2.05) is 0 Å². The lowest BCUT2D eigenvalue weighted by atomic mass is 9.89. The normalized spacial score (nSPS) is 17.4. The molecule has 0 N–H and O–H groups in total. The number of halogens is 2. The molecule has 0 saturated carbocycles. The quantitative estimate of drug-likeness (QED) is 0.576. The van der Waals surface area contributed by atoms with E-state index in [4.69, 9.17) is 23.2 Å². The van der Waals surface area contributed by atoms with E-state index in [1.54, 1.807) is 35.6 Å².